The Balaban J connectivity index is 2.61. The van der Waals surface area contributed by atoms with Crippen LogP contribution in [0.3, 0.4) is 0 Å². The van der Waals surface area contributed by atoms with Crippen LogP contribution in [0.1, 0.15) is 5.56 Å². The van der Waals surface area contributed by atoms with Gasteiger partial charge in [0.25, 0.3) is 0 Å². The summed E-state index contributed by atoms with van der Waals surface area (Å²) in [5, 5.41) is 1.87. The van der Waals surface area contributed by atoms with E-state index in [2.05, 4.69) is 4.98 Å². The predicted octanol–water partition coefficient (Wildman–Crippen LogP) is 1.11. The summed E-state index contributed by atoms with van der Waals surface area (Å²) in [5.74, 6) is 0. The SMILES string of the molecule is NCCc1cc2sccnc-2c(=O)c1. The molecule has 0 aromatic rings. The summed E-state index contributed by atoms with van der Waals surface area (Å²) in [7, 11) is 0. The van der Waals surface area contributed by atoms with E-state index < -0.39 is 0 Å². The summed E-state index contributed by atoms with van der Waals surface area (Å²) in [6.45, 7) is 0.565. The molecule has 0 saturated heterocycles. The third kappa shape index (κ3) is 1.66. The van der Waals surface area contributed by atoms with Crippen molar-refractivity contribution < 1.29 is 0 Å². The molecule has 1 aliphatic carbocycles. The minimum absolute atomic E-state index is 0.0113. The smallest absolute Gasteiger partial charge is 0.205 e. The lowest BCUT2D eigenvalue weighted by molar-refractivity contribution is 0.967. The fourth-order valence-electron chi connectivity index (χ4n) is 1.37. The second kappa shape index (κ2) is 3.86. The first kappa shape index (κ1) is 9.30. The van der Waals surface area contributed by atoms with Crippen LogP contribution in [0.2, 0.25) is 0 Å². The quantitative estimate of drug-likeness (QED) is 0.800. The van der Waals surface area contributed by atoms with Crippen LogP contribution in [0.5, 0.6) is 0 Å². The molecule has 0 radical (unpaired) electrons. The number of hydrogen-bond acceptors (Lipinski definition) is 4. The minimum atomic E-state index is -0.0113. The average Bonchev–Trinajstić information content (AvgIpc) is 2.18. The Kier molecular flexibility index (Phi) is 2.56. The highest BCUT2D eigenvalue weighted by Gasteiger charge is 2.08. The van der Waals surface area contributed by atoms with Gasteiger partial charge in [0.15, 0.2) is 0 Å². The van der Waals surface area contributed by atoms with Gasteiger partial charge in [0.1, 0.15) is 5.69 Å². The lowest BCUT2D eigenvalue weighted by Crippen LogP contribution is -2.10. The fourth-order valence-corrected chi connectivity index (χ4v) is 2.13. The highest BCUT2D eigenvalue weighted by Crippen LogP contribution is 2.20. The minimum Gasteiger partial charge on any atom is -0.330 e. The third-order valence-electron chi connectivity index (χ3n) is 1.99. The van der Waals surface area contributed by atoms with Gasteiger partial charge in [0, 0.05) is 11.6 Å². The van der Waals surface area contributed by atoms with Crippen LogP contribution in [0.4, 0.5) is 0 Å². The van der Waals surface area contributed by atoms with E-state index in [0.29, 0.717) is 12.2 Å². The Labute approximate surface area is 85.6 Å². The number of nitrogens with zero attached hydrogens (tertiary/aromatic N) is 1. The molecule has 0 bridgehead atoms. The van der Waals surface area contributed by atoms with Crippen molar-refractivity contribution in [1.29, 1.82) is 0 Å². The summed E-state index contributed by atoms with van der Waals surface area (Å²) in [5.41, 5.74) is 6.98. The topological polar surface area (TPSA) is 56.0 Å². The van der Waals surface area contributed by atoms with Crippen molar-refractivity contribution >= 4 is 11.3 Å². The molecule has 0 fully saturated rings. The van der Waals surface area contributed by atoms with E-state index in [4.69, 9.17) is 5.73 Å². The van der Waals surface area contributed by atoms with Gasteiger partial charge in [0.2, 0.25) is 5.43 Å². The number of benzene rings is 1. The van der Waals surface area contributed by atoms with Crippen molar-refractivity contribution in [3.63, 3.8) is 0 Å². The summed E-state index contributed by atoms with van der Waals surface area (Å²) in [6, 6.07) is 3.61. The lowest BCUT2D eigenvalue weighted by atomic mass is 10.1. The summed E-state index contributed by atoms with van der Waals surface area (Å²) < 4.78 is 0. The molecule has 0 unspecified atom stereocenters. The first-order valence-corrected chi connectivity index (χ1v) is 5.26. The number of nitrogens with two attached hydrogens (primary N) is 1. The van der Waals surface area contributed by atoms with Gasteiger partial charge in [-0.25, -0.2) is 0 Å². The van der Waals surface area contributed by atoms with Crippen LogP contribution < -0.4 is 11.2 Å². The van der Waals surface area contributed by atoms with Gasteiger partial charge in [-0.3, -0.25) is 9.78 Å². The average molecular weight is 206 g/mol. The first-order chi connectivity index (χ1) is 6.81. The van der Waals surface area contributed by atoms with E-state index in [1.165, 1.54) is 11.3 Å². The second-order valence-corrected chi connectivity index (χ2v) is 3.96. The van der Waals surface area contributed by atoms with Crippen molar-refractivity contribution in [3.8, 4) is 10.6 Å². The van der Waals surface area contributed by atoms with Gasteiger partial charge in [-0.1, -0.05) is 0 Å². The zero-order valence-corrected chi connectivity index (χ0v) is 8.38. The molecule has 0 spiro atoms. The molecular formula is C10H10N2OS. The van der Waals surface area contributed by atoms with Crippen LogP contribution in [0.15, 0.2) is 28.5 Å². The second-order valence-electron chi connectivity index (χ2n) is 3.01. The van der Waals surface area contributed by atoms with Gasteiger partial charge in [-0.2, -0.15) is 0 Å². The molecule has 0 amide bonds. The summed E-state index contributed by atoms with van der Waals surface area (Å²) in [4.78, 5) is 16.6. The highest BCUT2D eigenvalue weighted by molar-refractivity contribution is 7.13. The normalized spacial score (nSPS) is 10.6. The van der Waals surface area contributed by atoms with E-state index in [1.807, 2.05) is 11.4 Å². The van der Waals surface area contributed by atoms with Crippen molar-refractivity contribution in [3.05, 3.63) is 39.5 Å². The van der Waals surface area contributed by atoms with Gasteiger partial charge >= 0.3 is 0 Å². The highest BCUT2D eigenvalue weighted by atomic mass is 32.1. The van der Waals surface area contributed by atoms with Gasteiger partial charge in [-0.05, 0) is 30.7 Å². The summed E-state index contributed by atoms with van der Waals surface area (Å²) in [6.07, 6.45) is 2.39. The number of rotatable bonds is 2. The molecule has 2 N–H and O–H groups in total. The molecule has 0 aromatic carbocycles. The Morgan fingerprint density at radius 3 is 3.07 bits per heavy atom. The monoisotopic (exact) mass is 206 g/mol. The van der Waals surface area contributed by atoms with E-state index in [-0.39, 0.29) is 5.43 Å². The molecule has 0 saturated carbocycles. The molecule has 0 aromatic heterocycles. The maximum atomic E-state index is 11.6. The maximum Gasteiger partial charge on any atom is 0.205 e. The molecule has 0 atom stereocenters. The van der Waals surface area contributed by atoms with E-state index in [1.54, 1.807) is 12.3 Å². The van der Waals surface area contributed by atoms with Crippen molar-refractivity contribution in [1.82, 2.24) is 4.98 Å². The van der Waals surface area contributed by atoms with E-state index in [9.17, 15) is 4.79 Å². The molecule has 2 rings (SSSR count). The zero-order valence-electron chi connectivity index (χ0n) is 7.56. The van der Waals surface area contributed by atoms with Gasteiger partial charge in [-0.15, -0.1) is 11.3 Å². The summed E-state index contributed by atoms with van der Waals surface area (Å²) >= 11 is 1.53. The van der Waals surface area contributed by atoms with Crippen LogP contribution in [-0.4, -0.2) is 11.5 Å². The standard InChI is InChI=1S/C10H10N2OS/c11-2-1-7-5-8(13)10-9(6-7)14-4-3-12-10/h3-6H,1-2,11H2. The molecule has 3 nitrogen and oxygen atoms in total. The Hall–Kier alpha value is -1.26. The third-order valence-corrected chi connectivity index (χ3v) is 2.82. The van der Waals surface area contributed by atoms with Crippen LogP contribution >= 0.6 is 11.3 Å². The van der Waals surface area contributed by atoms with Crippen LogP contribution in [0.25, 0.3) is 10.6 Å². The number of aromatic nitrogens is 1. The van der Waals surface area contributed by atoms with Crippen molar-refractivity contribution in [2.45, 2.75) is 6.42 Å². The Morgan fingerprint density at radius 2 is 2.29 bits per heavy atom. The van der Waals surface area contributed by atoms with Gasteiger partial charge < -0.3 is 5.73 Å². The Bertz CT molecular complexity index is 466. The van der Waals surface area contributed by atoms with Crippen LogP contribution in [-0.2, 0) is 6.42 Å². The fraction of sp³-hybridized carbons (Fsp3) is 0.200. The zero-order chi connectivity index (χ0) is 9.97. The molecule has 4 heteroatoms. The van der Waals surface area contributed by atoms with Crippen LogP contribution in [0, 0.1) is 0 Å². The molecule has 72 valence electrons. The predicted molar refractivity (Wildman–Crippen MR) is 57.8 cm³/mol. The van der Waals surface area contributed by atoms with Crippen molar-refractivity contribution in [2.75, 3.05) is 6.54 Å². The number of fused-ring (bicyclic) bond motifs is 1. The first-order valence-electron chi connectivity index (χ1n) is 4.38. The molecule has 2 aliphatic rings. The maximum absolute atomic E-state index is 11.6. The Morgan fingerprint density at radius 1 is 1.43 bits per heavy atom. The molecule has 14 heavy (non-hydrogen) atoms. The largest absolute Gasteiger partial charge is 0.330 e. The molecule has 1 heterocycles. The number of hydrogen-bond donors (Lipinski definition) is 1. The van der Waals surface area contributed by atoms with E-state index >= 15 is 0 Å². The van der Waals surface area contributed by atoms with Gasteiger partial charge in [0.05, 0.1) is 4.88 Å². The van der Waals surface area contributed by atoms with Crippen molar-refractivity contribution in [2.24, 2.45) is 5.73 Å². The lowest BCUT2D eigenvalue weighted by Gasteiger charge is -2.03. The molecule has 1 aliphatic heterocycles. The van der Waals surface area contributed by atoms with E-state index in [0.717, 1.165) is 16.9 Å². The molecular weight excluding hydrogens is 196 g/mol.